The Bertz CT molecular complexity index is 862. The van der Waals surface area contributed by atoms with E-state index in [1.54, 1.807) is 24.3 Å². The molecule has 0 atom stereocenters. The average Bonchev–Trinajstić information content (AvgIpc) is 3.16. The van der Waals surface area contributed by atoms with Crippen molar-refractivity contribution in [2.45, 2.75) is 51.5 Å². The van der Waals surface area contributed by atoms with Crippen molar-refractivity contribution < 1.29 is 4.42 Å². The predicted octanol–water partition coefficient (Wildman–Crippen LogP) is 3.67. The highest BCUT2D eigenvalue weighted by atomic mass is 35.5. The van der Waals surface area contributed by atoms with Crippen LogP contribution in [0.4, 0.5) is 0 Å². The molecule has 1 saturated heterocycles. The Morgan fingerprint density at radius 3 is 2.41 bits per heavy atom. The Labute approximate surface area is 165 Å². The Morgan fingerprint density at radius 1 is 0.963 bits per heavy atom. The largest absolute Gasteiger partial charge is 0.422 e. The molecule has 0 radical (unpaired) electrons. The average molecular weight is 393 g/mol. The fourth-order valence-corrected chi connectivity index (χ4v) is 4.63. The number of benzene rings is 1. The molecule has 148 valence electrons. The van der Waals surface area contributed by atoms with Gasteiger partial charge in [0.05, 0.1) is 5.39 Å². The zero-order valence-electron chi connectivity index (χ0n) is 15.8. The summed E-state index contributed by atoms with van der Waals surface area (Å²) in [7, 11) is 0. The van der Waals surface area contributed by atoms with E-state index in [1.807, 2.05) is 0 Å². The summed E-state index contributed by atoms with van der Waals surface area (Å²) in [5, 5.41) is 0.485. The van der Waals surface area contributed by atoms with Crippen LogP contribution >= 0.6 is 12.4 Å². The van der Waals surface area contributed by atoms with Gasteiger partial charge in [-0.2, -0.15) is 0 Å². The van der Waals surface area contributed by atoms with E-state index in [0.29, 0.717) is 23.4 Å². The van der Waals surface area contributed by atoms with E-state index in [0.717, 1.165) is 25.4 Å². The molecule has 2 aliphatic rings. The lowest BCUT2D eigenvalue weighted by Crippen LogP contribution is -2.38. The van der Waals surface area contributed by atoms with Crippen LogP contribution in [0.5, 0.6) is 0 Å². The molecule has 1 aromatic heterocycles. The fourth-order valence-electron chi connectivity index (χ4n) is 4.63. The molecule has 1 aliphatic carbocycles. The first kappa shape index (κ1) is 20.2. The molecule has 0 bridgehead atoms. The van der Waals surface area contributed by atoms with Gasteiger partial charge in [0.1, 0.15) is 5.58 Å². The van der Waals surface area contributed by atoms with Gasteiger partial charge in [0.2, 0.25) is 0 Å². The van der Waals surface area contributed by atoms with Crippen LogP contribution in [0.1, 0.15) is 44.9 Å². The normalized spacial score (nSPS) is 19.4. The van der Waals surface area contributed by atoms with E-state index in [9.17, 15) is 9.59 Å². The van der Waals surface area contributed by atoms with Crippen molar-refractivity contribution in [3.63, 3.8) is 0 Å². The van der Waals surface area contributed by atoms with Gasteiger partial charge < -0.3 is 9.32 Å². The minimum atomic E-state index is -0.535. The van der Waals surface area contributed by atoms with Gasteiger partial charge in [-0.1, -0.05) is 25.0 Å². The van der Waals surface area contributed by atoms with Gasteiger partial charge in [-0.15, -0.1) is 12.4 Å². The van der Waals surface area contributed by atoms with Crippen LogP contribution in [0.25, 0.3) is 11.0 Å². The van der Waals surface area contributed by atoms with E-state index >= 15 is 0 Å². The second-order valence-corrected chi connectivity index (χ2v) is 8.00. The van der Waals surface area contributed by atoms with Crippen molar-refractivity contribution in [2.75, 3.05) is 19.6 Å². The van der Waals surface area contributed by atoms with Gasteiger partial charge in [0.15, 0.2) is 0 Å². The maximum atomic E-state index is 12.6. The smallest absolute Gasteiger partial charge is 0.409 e. The summed E-state index contributed by atoms with van der Waals surface area (Å²) in [6, 6.07) is 6.96. The molecular weight excluding hydrogens is 364 g/mol. The molecule has 2 fully saturated rings. The van der Waals surface area contributed by atoms with Crippen LogP contribution in [-0.2, 0) is 6.54 Å². The maximum absolute atomic E-state index is 12.6. The van der Waals surface area contributed by atoms with Crippen LogP contribution in [0.15, 0.2) is 38.3 Å². The van der Waals surface area contributed by atoms with Crippen molar-refractivity contribution in [1.29, 1.82) is 0 Å². The van der Waals surface area contributed by atoms with Crippen LogP contribution < -0.4 is 11.3 Å². The molecule has 0 N–H and O–H groups in total. The molecule has 0 amide bonds. The SMILES string of the molecule is Cl.O=c1oc2ccccc2c(=O)n1CCC1CCN(CC2CCCC2)CC1. The first-order valence-electron chi connectivity index (χ1n) is 10.1. The maximum Gasteiger partial charge on any atom is 0.422 e. The number of nitrogens with zero attached hydrogens (tertiary/aromatic N) is 2. The van der Waals surface area contributed by atoms with Gasteiger partial charge >= 0.3 is 5.76 Å². The van der Waals surface area contributed by atoms with E-state index in [1.165, 1.54) is 49.6 Å². The zero-order chi connectivity index (χ0) is 17.9. The molecule has 1 aromatic carbocycles. The van der Waals surface area contributed by atoms with E-state index in [-0.39, 0.29) is 18.0 Å². The Morgan fingerprint density at radius 2 is 1.67 bits per heavy atom. The number of hydrogen-bond acceptors (Lipinski definition) is 4. The second kappa shape index (κ2) is 9.07. The monoisotopic (exact) mass is 392 g/mol. The molecule has 2 aromatic rings. The van der Waals surface area contributed by atoms with Crippen LogP contribution in [-0.4, -0.2) is 29.1 Å². The van der Waals surface area contributed by atoms with Crippen LogP contribution in [0.2, 0.25) is 0 Å². The van der Waals surface area contributed by atoms with E-state index < -0.39 is 5.76 Å². The number of hydrogen-bond donors (Lipinski definition) is 0. The fraction of sp³-hybridized carbons (Fsp3) is 0.619. The first-order chi connectivity index (χ1) is 12.7. The second-order valence-electron chi connectivity index (χ2n) is 8.00. The summed E-state index contributed by atoms with van der Waals surface area (Å²) >= 11 is 0. The van der Waals surface area contributed by atoms with Crippen molar-refractivity contribution in [3.8, 4) is 0 Å². The van der Waals surface area contributed by atoms with Gasteiger partial charge in [0.25, 0.3) is 5.56 Å². The lowest BCUT2D eigenvalue weighted by molar-refractivity contribution is 0.154. The topological polar surface area (TPSA) is 55.5 Å². The summed E-state index contributed by atoms with van der Waals surface area (Å²) in [5.74, 6) is 0.965. The van der Waals surface area contributed by atoms with Crippen molar-refractivity contribution >= 4 is 23.4 Å². The third kappa shape index (κ3) is 4.64. The Hall–Kier alpha value is -1.59. The molecule has 5 nitrogen and oxygen atoms in total. The number of fused-ring (bicyclic) bond motifs is 1. The minimum Gasteiger partial charge on any atom is -0.409 e. The summed E-state index contributed by atoms with van der Waals surface area (Å²) < 4.78 is 6.58. The van der Waals surface area contributed by atoms with E-state index in [4.69, 9.17) is 4.42 Å². The number of halogens is 1. The highest BCUT2D eigenvalue weighted by molar-refractivity contribution is 5.85. The number of aromatic nitrogens is 1. The molecule has 1 saturated carbocycles. The third-order valence-electron chi connectivity index (χ3n) is 6.24. The standard InChI is InChI=1S/C21H28N2O3.ClH/c24-20-18-7-3-4-8-19(18)26-21(25)23(20)14-11-16-9-12-22(13-10-16)15-17-5-1-2-6-17;/h3-4,7-8,16-17H,1-2,5-6,9-15H2;1H. The highest BCUT2D eigenvalue weighted by Crippen LogP contribution is 2.28. The molecule has 0 spiro atoms. The van der Waals surface area contributed by atoms with Gasteiger partial charge in [-0.05, 0) is 69.2 Å². The molecule has 1 aliphatic heterocycles. The number of para-hydroxylation sites is 1. The quantitative estimate of drug-likeness (QED) is 0.779. The lowest BCUT2D eigenvalue weighted by Gasteiger charge is -2.33. The highest BCUT2D eigenvalue weighted by Gasteiger charge is 2.23. The number of piperidine rings is 1. The summed E-state index contributed by atoms with van der Waals surface area (Å²) in [6.45, 7) is 4.03. The minimum absolute atomic E-state index is 0. The summed E-state index contributed by atoms with van der Waals surface area (Å²) in [4.78, 5) is 27.3. The van der Waals surface area contributed by atoms with Gasteiger partial charge in [-0.25, -0.2) is 9.36 Å². The predicted molar refractivity (Wildman–Crippen MR) is 110 cm³/mol. The van der Waals surface area contributed by atoms with Gasteiger partial charge in [0, 0.05) is 13.1 Å². The number of rotatable bonds is 5. The molecule has 2 heterocycles. The molecule has 4 rings (SSSR count). The zero-order valence-corrected chi connectivity index (χ0v) is 16.6. The third-order valence-corrected chi connectivity index (χ3v) is 6.24. The van der Waals surface area contributed by atoms with Crippen molar-refractivity contribution in [2.24, 2.45) is 11.8 Å². The van der Waals surface area contributed by atoms with Crippen LogP contribution in [0, 0.1) is 11.8 Å². The molecule has 6 heteroatoms. The Kier molecular flexibility index (Phi) is 6.77. The lowest BCUT2D eigenvalue weighted by atomic mass is 9.92. The first-order valence-corrected chi connectivity index (χ1v) is 10.1. The van der Waals surface area contributed by atoms with Crippen molar-refractivity contribution in [1.82, 2.24) is 9.47 Å². The molecule has 0 unspecified atom stereocenters. The van der Waals surface area contributed by atoms with Gasteiger partial charge in [-0.3, -0.25) is 4.79 Å². The van der Waals surface area contributed by atoms with E-state index in [2.05, 4.69) is 4.90 Å². The Balaban J connectivity index is 0.00000210. The molecule has 27 heavy (non-hydrogen) atoms. The summed E-state index contributed by atoms with van der Waals surface area (Å²) in [6.07, 6.45) is 8.83. The summed E-state index contributed by atoms with van der Waals surface area (Å²) in [5.41, 5.74) is 0.148. The molecular formula is C21H29ClN2O3. The van der Waals surface area contributed by atoms with Crippen LogP contribution in [0.3, 0.4) is 0 Å². The van der Waals surface area contributed by atoms with Crippen molar-refractivity contribution in [3.05, 3.63) is 45.2 Å². The number of likely N-dealkylation sites (tertiary alicyclic amines) is 1.